The molecule has 6 heteroatoms. The minimum atomic E-state index is -0.996. The molecule has 1 saturated carbocycles. The van der Waals surface area contributed by atoms with Crippen LogP contribution in [0.15, 0.2) is 24.3 Å². The van der Waals surface area contributed by atoms with Gasteiger partial charge in [0.1, 0.15) is 6.04 Å². The normalized spacial score (nSPS) is 16.6. The van der Waals surface area contributed by atoms with Gasteiger partial charge >= 0.3 is 5.97 Å². The smallest absolute Gasteiger partial charge is 0.322 e. The molecule has 0 amide bonds. The van der Waals surface area contributed by atoms with E-state index in [0.717, 1.165) is 37.1 Å². The number of Topliss-reactive ketones (excluding diaryl/α,β-unsaturated/α-hetero) is 1. The van der Waals surface area contributed by atoms with Gasteiger partial charge in [-0.1, -0.05) is 52.2 Å². The maximum absolute atomic E-state index is 12.3. The fourth-order valence-corrected chi connectivity index (χ4v) is 3.44. The van der Waals surface area contributed by atoms with Gasteiger partial charge in [0, 0.05) is 18.0 Å². The van der Waals surface area contributed by atoms with Crippen LogP contribution in [0.2, 0.25) is 0 Å². The predicted octanol–water partition coefficient (Wildman–Crippen LogP) is 3.26. The molecule has 0 unspecified atom stereocenters. The number of aliphatic carboxylic acids is 1. The third kappa shape index (κ3) is 5.96. The second-order valence-corrected chi connectivity index (χ2v) is 8.43. The summed E-state index contributed by atoms with van der Waals surface area (Å²) in [4.78, 5) is 25.8. The van der Waals surface area contributed by atoms with Gasteiger partial charge in [-0.2, -0.15) is 0 Å². The minimum Gasteiger partial charge on any atom is -0.480 e. The van der Waals surface area contributed by atoms with Crippen LogP contribution >= 0.6 is 0 Å². The number of carboxylic acids is 1. The monoisotopic (exact) mass is 375 g/mol. The topological polar surface area (TPSA) is 95.7 Å². The zero-order chi connectivity index (χ0) is 20.0. The van der Waals surface area contributed by atoms with E-state index in [2.05, 4.69) is 10.2 Å². The van der Waals surface area contributed by atoms with E-state index in [-0.39, 0.29) is 24.9 Å². The number of carboxylic acid groups (broad SMARTS) is 1. The third-order valence-electron chi connectivity index (χ3n) is 5.22. The average Bonchev–Trinajstić information content (AvgIpc) is 2.64. The van der Waals surface area contributed by atoms with Crippen LogP contribution in [-0.2, 0) is 9.59 Å². The Morgan fingerprint density at radius 1 is 1.22 bits per heavy atom. The van der Waals surface area contributed by atoms with Crippen molar-refractivity contribution in [3.8, 4) is 0 Å². The van der Waals surface area contributed by atoms with Gasteiger partial charge in [-0.15, -0.1) is 0 Å². The van der Waals surface area contributed by atoms with E-state index >= 15 is 0 Å². The lowest BCUT2D eigenvalue weighted by Crippen LogP contribution is -2.48. The largest absolute Gasteiger partial charge is 0.480 e. The fraction of sp³-hybridized carbons (Fsp3) is 0.619. The summed E-state index contributed by atoms with van der Waals surface area (Å²) in [6.45, 7) is 6.21. The van der Waals surface area contributed by atoms with E-state index in [1.807, 2.05) is 45.0 Å². The summed E-state index contributed by atoms with van der Waals surface area (Å²) in [5.74, 6) is -0.868. The Bertz CT molecular complexity index is 648. The quantitative estimate of drug-likeness (QED) is 0.645. The Morgan fingerprint density at radius 2 is 1.85 bits per heavy atom. The molecule has 0 radical (unpaired) electrons. The van der Waals surface area contributed by atoms with Crippen LogP contribution in [0.4, 0.5) is 11.4 Å². The highest BCUT2D eigenvalue weighted by atomic mass is 16.4. The van der Waals surface area contributed by atoms with Crippen molar-refractivity contribution < 1.29 is 14.7 Å². The van der Waals surface area contributed by atoms with Crippen molar-refractivity contribution in [2.24, 2.45) is 11.1 Å². The molecule has 6 nitrogen and oxygen atoms in total. The maximum atomic E-state index is 12.3. The molecule has 1 aromatic carbocycles. The van der Waals surface area contributed by atoms with Crippen LogP contribution in [0.25, 0.3) is 0 Å². The first-order valence-electron chi connectivity index (χ1n) is 9.81. The van der Waals surface area contributed by atoms with Crippen molar-refractivity contribution in [3.05, 3.63) is 24.3 Å². The molecular formula is C21H33N3O3. The first-order valence-corrected chi connectivity index (χ1v) is 9.81. The molecule has 0 aliphatic heterocycles. The van der Waals surface area contributed by atoms with Gasteiger partial charge in [0.25, 0.3) is 0 Å². The molecule has 1 aliphatic carbocycles. The minimum absolute atomic E-state index is 0.128. The second kappa shape index (κ2) is 9.22. The molecule has 1 atom stereocenters. The molecule has 2 rings (SSSR count). The zero-order valence-corrected chi connectivity index (χ0v) is 16.7. The Morgan fingerprint density at radius 3 is 2.44 bits per heavy atom. The molecular weight excluding hydrogens is 342 g/mol. The molecule has 1 aromatic rings. The molecule has 0 saturated heterocycles. The van der Waals surface area contributed by atoms with Gasteiger partial charge in [-0.25, -0.2) is 0 Å². The summed E-state index contributed by atoms with van der Waals surface area (Å²) in [6, 6.07) is 7.10. The molecule has 1 fully saturated rings. The van der Waals surface area contributed by atoms with Gasteiger partial charge in [-0.05, 0) is 25.0 Å². The highest BCUT2D eigenvalue weighted by Crippen LogP contribution is 2.32. The number of rotatable bonds is 8. The number of carbonyl (C=O) groups excluding carboxylic acids is 1. The lowest BCUT2D eigenvalue weighted by Gasteiger charge is -2.38. The van der Waals surface area contributed by atoms with Crippen LogP contribution in [-0.4, -0.2) is 42.0 Å². The molecule has 0 aromatic heterocycles. The standard InChI is InChI=1S/C21H33N3O3/c1-21(2,3)19(25)13-23-17-11-7-8-12-18(17)24(14-16(22)20(26)27)15-9-5-4-6-10-15/h7-8,11-12,15-16,23H,4-6,9-10,13-14,22H2,1-3H3,(H,26,27)/t16-/m1/s1. The SMILES string of the molecule is CC(C)(C)C(=O)CNc1ccccc1N(C[C@@H](N)C(=O)O)C1CCCCC1. The molecule has 0 bridgehead atoms. The van der Waals surface area contributed by atoms with Gasteiger partial charge < -0.3 is 21.1 Å². The first-order chi connectivity index (χ1) is 12.7. The lowest BCUT2D eigenvalue weighted by atomic mass is 9.91. The van der Waals surface area contributed by atoms with Crippen molar-refractivity contribution in [2.45, 2.75) is 65.0 Å². The van der Waals surface area contributed by atoms with Gasteiger partial charge in [0.05, 0.1) is 17.9 Å². The highest BCUT2D eigenvalue weighted by Gasteiger charge is 2.27. The van der Waals surface area contributed by atoms with E-state index < -0.39 is 17.4 Å². The Balaban J connectivity index is 2.25. The number of anilines is 2. The van der Waals surface area contributed by atoms with Crippen LogP contribution in [0, 0.1) is 5.41 Å². The van der Waals surface area contributed by atoms with Crippen molar-refractivity contribution in [1.82, 2.24) is 0 Å². The fourth-order valence-electron chi connectivity index (χ4n) is 3.44. The number of nitrogens with one attached hydrogen (secondary N) is 1. The highest BCUT2D eigenvalue weighted by molar-refractivity contribution is 5.88. The van der Waals surface area contributed by atoms with Gasteiger partial charge in [0.15, 0.2) is 5.78 Å². The number of para-hydroxylation sites is 2. The number of carbonyl (C=O) groups is 2. The number of nitrogens with two attached hydrogens (primary N) is 1. The summed E-state index contributed by atoms with van der Waals surface area (Å²) < 4.78 is 0. The van der Waals surface area contributed by atoms with Crippen LogP contribution < -0.4 is 16.0 Å². The second-order valence-electron chi connectivity index (χ2n) is 8.43. The summed E-state index contributed by atoms with van der Waals surface area (Å²) in [6.07, 6.45) is 5.56. The molecule has 0 spiro atoms. The summed E-state index contributed by atoms with van der Waals surface area (Å²) in [7, 11) is 0. The number of ketones is 1. The van der Waals surface area contributed by atoms with Crippen molar-refractivity contribution in [1.29, 1.82) is 0 Å². The third-order valence-corrected chi connectivity index (χ3v) is 5.22. The van der Waals surface area contributed by atoms with Gasteiger partial charge in [0.2, 0.25) is 0 Å². The van der Waals surface area contributed by atoms with E-state index in [4.69, 9.17) is 5.73 Å². The van der Waals surface area contributed by atoms with E-state index in [0.29, 0.717) is 0 Å². The molecule has 0 heterocycles. The first kappa shape index (κ1) is 21.2. The summed E-state index contributed by atoms with van der Waals surface area (Å²) >= 11 is 0. The molecule has 1 aliphatic rings. The Hall–Kier alpha value is -2.08. The maximum Gasteiger partial charge on any atom is 0.322 e. The van der Waals surface area contributed by atoms with Gasteiger partial charge in [-0.3, -0.25) is 9.59 Å². The Kier molecular flexibility index (Phi) is 7.25. The van der Waals surface area contributed by atoms with Crippen LogP contribution in [0.5, 0.6) is 0 Å². The lowest BCUT2D eigenvalue weighted by molar-refractivity contribution is -0.138. The summed E-state index contributed by atoms with van der Waals surface area (Å²) in [5, 5.41) is 12.6. The number of hydrogen-bond acceptors (Lipinski definition) is 5. The average molecular weight is 376 g/mol. The van der Waals surface area contributed by atoms with Crippen molar-refractivity contribution >= 4 is 23.1 Å². The van der Waals surface area contributed by atoms with Crippen molar-refractivity contribution in [2.75, 3.05) is 23.3 Å². The van der Waals surface area contributed by atoms with E-state index in [1.165, 1.54) is 6.42 Å². The summed E-state index contributed by atoms with van der Waals surface area (Å²) in [5.41, 5.74) is 7.23. The van der Waals surface area contributed by atoms with Crippen LogP contribution in [0.1, 0.15) is 52.9 Å². The van der Waals surface area contributed by atoms with Crippen LogP contribution in [0.3, 0.4) is 0 Å². The number of nitrogens with zero attached hydrogens (tertiary/aromatic N) is 1. The molecule has 150 valence electrons. The predicted molar refractivity (Wildman–Crippen MR) is 109 cm³/mol. The molecule has 4 N–H and O–H groups in total. The zero-order valence-electron chi connectivity index (χ0n) is 16.7. The number of benzene rings is 1. The van der Waals surface area contributed by atoms with Crippen molar-refractivity contribution in [3.63, 3.8) is 0 Å². The molecule has 27 heavy (non-hydrogen) atoms. The van der Waals surface area contributed by atoms with E-state index in [9.17, 15) is 14.7 Å². The Labute approximate surface area is 162 Å². The number of hydrogen-bond donors (Lipinski definition) is 3. The van der Waals surface area contributed by atoms with E-state index in [1.54, 1.807) is 0 Å².